The Kier molecular flexibility index (Phi) is 7.16. The third kappa shape index (κ3) is 5.45. The Morgan fingerprint density at radius 2 is 1.56 bits per heavy atom. The van der Waals surface area contributed by atoms with Gasteiger partial charge >= 0.3 is 0 Å². The Hall–Kier alpha value is -4.34. The molecule has 0 radical (unpaired) electrons. The molecule has 2 aromatic heterocycles. The van der Waals surface area contributed by atoms with Gasteiger partial charge in [0.2, 0.25) is 0 Å². The maximum absolute atomic E-state index is 13.5. The van der Waals surface area contributed by atoms with E-state index in [0.29, 0.717) is 17.9 Å². The number of aromatic amines is 1. The number of methoxy groups -OCH3 is 1. The van der Waals surface area contributed by atoms with Crippen LogP contribution in [-0.4, -0.2) is 68.3 Å². The molecular weight excluding hydrogens is 490 g/mol. The molecule has 6 rings (SSSR count). The van der Waals surface area contributed by atoms with Crippen LogP contribution in [0.25, 0.3) is 10.9 Å². The van der Waals surface area contributed by atoms with E-state index in [-0.39, 0.29) is 5.56 Å². The topological polar surface area (TPSA) is 92.2 Å². The smallest absolute Gasteiger partial charge is 0.253 e. The molecule has 1 saturated heterocycles. The van der Waals surface area contributed by atoms with Crippen molar-refractivity contribution in [2.45, 2.75) is 19.1 Å². The second-order valence-electron chi connectivity index (χ2n) is 9.89. The average molecular weight is 522 g/mol. The van der Waals surface area contributed by atoms with Crippen molar-refractivity contribution in [2.24, 2.45) is 0 Å². The highest BCUT2D eigenvalue weighted by Gasteiger charge is 2.32. The predicted octanol–water partition coefficient (Wildman–Crippen LogP) is 3.48. The molecule has 0 saturated carbocycles. The number of hydrogen-bond donors (Lipinski definition) is 1. The fraction of sp³-hybridized carbons (Fsp3) is 0.267. The summed E-state index contributed by atoms with van der Waals surface area (Å²) in [5.41, 5.74) is 3.64. The zero-order chi connectivity index (χ0) is 26.6. The molecule has 9 heteroatoms. The van der Waals surface area contributed by atoms with Crippen LogP contribution in [0, 0.1) is 0 Å². The molecule has 0 amide bonds. The van der Waals surface area contributed by atoms with Crippen molar-refractivity contribution in [3.8, 4) is 5.75 Å². The lowest BCUT2D eigenvalue weighted by Crippen LogP contribution is -2.48. The van der Waals surface area contributed by atoms with E-state index in [1.54, 1.807) is 7.11 Å². The Morgan fingerprint density at radius 3 is 2.26 bits per heavy atom. The number of rotatable bonds is 8. The van der Waals surface area contributed by atoms with Crippen LogP contribution in [0.2, 0.25) is 0 Å². The quantitative estimate of drug-likeness (QED) is 0.334. The maximum Gasteiger partial charge on any atom is 0.253 e. The van der Waals surface area contributed by atoms with E-state index in [9.17, 15) is 4.79 Å². The molecule has 5 aromatic rings. The second-order valence-corrected chi connectivity index (χ2v) is 9.89. The Balaban J connectivity index is 1.36. The largest absolute Gasteiger partial charge is 0.497 e. The Morgan fingerprint density at radius 1 is 0.872 bits per heavy atom. The lowest BCUT2D eigenvalue weighted by atomic mass is 10.0. The van der Waals surface area contributed by atoms with Crippen LogP contribution in [0.5, 0.6) is 5.75 Å². The minimum atomic E-state index is -0.401. The zero-order valence-electron chi connectivity index (χ0n) is 21.9. The van der Waals surface area contributed by atoms with Crippen molar-refractivity contribution in [3.05, 3.63) is 118 Å². The van der Waals surface area contributed by atoms with E-state index < -0.39 is 6.04 Å². The summed E-state index contributed by atoms with van der Waals surface area (Å²) in [5, 5.41) is 13.7. The number of hydrogen-bond acceptors (Lipinski definition) is 7. The van der Waals surface area contributed by atoms with Gasteiger partial charge in [-0.05, 0) is 45.8 Å². The number of tetrazole rings is 1. The minimum Gasteiger partial charge on any atom is -0.497 e. The molecule has 0 bridgehead atoms. The summed E-state index contributed by atoms with van der Waals surface area (Å²) >= 11 is 0. The molecule has 198 valence electrons. The molecule has 0 aliphatic carbocycles. The van der Waals surface area contributed by atoms with Gasteiger partial charge in [-0.25, -0.2) is 4.68 Å². The summed E-state index contributed by atoms with van der Waals surface area (Å²) in [6.07, 6.45) is 0. The first kappa shape index (κ1) is 25.0. The standard InChI is InChI=1S/C30H31N7O2/c1-39-25-12-13-27-24(18-25)19-26(30(38)31-27)28(29-32-33-34-37(29)21-23-10-6-3-7-11-23)36-16-14-35(15-17-36)20-22-8-4-2-5-9-22/h2-13,18-19,28H,14-17,20-21H2,1H3,(H,31,38)/t28-/m0/s1. The van der Waals surface area contributed by atoms with E-state index in [1.807, 2.05) is 53.2 Å². The van der Waals surface area contributed by atoms with Gasteiger partial charge in [0, 0.05) is 49.2 Å². The molecule has 39 heavy (non-hydrogen) atoms. The number of nitrogens with zero attached hydrogens (tertiary/aromatic N) is 6. The van der Waals surface area contributed by atoms with Crippen LogP contribution in [0.1, 0.15) is 28.6 Å². The Labute approximate surface area is 226 Å². The molecule has 1 aliphatic rings. The van der Waals surface area contributed by atoms with Crippen LogP contribution in [-0.2, 0) is 13.1 Å². The summed E-state index contributed by atoms with van der Waals surface area (Å²) in [5.74, 6) is 1.39. The first-order valence-corrected chi connectivity index (χ1v) is 13.2. The molecule has 1 aliphatic heterocycles. The summed E-state index contributed by atoms with van der Waals surface area (Å²) in [6, 6.07) is 27.9. The maximum atomic E-state index is 13.5. The van der Waals surface area contributed by atoms with Crippen molar-refractivity contribution < 1.29 is 4.74 Å². The first-order chi connectivity index (χ1) is 19.2. The highest BCUT2D eigenvalue weighted by molar-refractivity contribution is 5.80. The molecule has 3 aromatic carbocycles. The predicted molar refractivity (Wildman–Crippen MR) is 150 cm³/mol. The molecule has 1 fully saturated rings. The van der Waals surface area contributed by atoms with Crippen molar-refractivity contribution in [2.75, 3.05) is 33.3 Å². The summed E-state index contributed by atoms with van der Waals surface area (Å²) in [7, 11) is 1.64. The number of ether oxygens (including phenoxy) is 1. The number of aromatic nitrogens is 5. The average Bonchev–Trinajstić information content (AvgIpc) is 3.42. The molecule has 0 spiro atoms. The third-order valence-electron chi connectivity index (χ3n) is 7.38. The van der Waals surface area contributed by atoms with Gasteiger partial charge in [0.1, 0.15) is 11.8 Å². The minimum absolute atomic E-state index is 0.140. The van der Waals surface area contributed by atoms with Gasteiger partial charge < -0.3 is 9.72 Å². The van der Waals surface area contributed by atoms with Crippen molar-refractivity contribution >= 4 is 10.9 Å². The van der Waals surface area contributed by atoms with Gasteiger partial charge in [-0.3, -0.25) is 14.6 Å². The van der Waals surface area contributed by atoms with E-state index in [1.165, 1.54) is 5.56 Å². The zero-order valence-corrected chi connectivity index (χ0v) is 21.9. The molecular formula is C30H31N7O2. The molecule has 3 heterocycles. The van der Waals surface area contributed by atoms with Crippen LogP contribution >= 0.6 is 0 Å². The van der Waals surface area contributed by atoms with Crippen LogP contribution in [0.3, 0.4) is 0 Å². The number of pyridine rings is 1. The normalized spacial score (nSPS) is 15.4. The van der Waals surface area contributed by atoms with Gasteiger partial charge in [-0.2, -0.15) is 0 Å². The highest BCUT2D eigenvalue weighted by atomic mass is 16.5. The van der Waals surface area contributed by atoms with Gasteiger partial charge in [-0.1, -0.05) is 60.7 Å². The Bertz CT molecular complexity index is 1590. The number of fused-ring (bicyclic) bond motifs is 1. The van der Waals surface area contributed by atoms with Crippen molar-refractivity contribution in [1.82, 2.24) is 35.0 Å². The fourth-order valence-corrected chi connectivity index (χ4v) is 5.33. The van der Waals surface area contributed by atoms with Crippen LogP contribution in [0.4, 0.5) is 0 Å². The number of H-pyrrole nitrogens is 1. The number of piperazine rings is 1. The van der Waals surface area contributed by atoms with Gasteiger partial charge in [0.05, 0.1) is 13.7 Å². The van der Waals surface area contributed by atoms with Crippen molar-refractivity contribution in [1.29, 1.82) is 0 Å². The van der Waals surface area contributed by atoms with E-state index in [0.717, 1.165) is 54.9 Å². The van der Waals surface area contributed by atoms with Crippen molar-refractivity contribution in [3.63, 3.8) is 0 Å². The lowest BCUT2D eigenvalue weighted by Gasteiger charge is -2.38. The monoisotopic (exact) mass is 521 g/mol. The van der Waals surface area contributed by atoms with Gasteiger partial charge in [-0.15, -0.1) is 5.10 Å². The van der Waals surface area contributed by atoms with Crippen LogP contribution < -0.4 is 10.3 Å². The lowest BCUT2D eigenvalue weighted by molar-refractivity contribution is 0.0998. The van der Waals surface area contributed by atoms with E-state index >= 15 is 0 Å². The van der Waals surface area contributed by atoms with E-state index in [4.69, 9.17) is 4.74 Å². The molecule has 0 unspecified atom stereocenters. The molecule has 1 atom stereocenters. The second kappa shape index (κ2) is 11.2. The summed E-state index contributed by atoms with van der Waals surface area (Å²) in [6.45, 7) is 4.75. The fourth-order valence-electron chi connectivity index (χ4n) is 5.33. The van der Waals surface area contributed by atoms with Gasteiger partial charge in [0.15, 0.2) is 5.82 Å². The summed E-state index contributed by atoms with van der Waals surface area (Å²) in [4.78, 5) is 21.4. The van der Waals surface area contributed by atoms with E-state index in [2.05, 4.69) is 66.7 Å². The van der Waals surface area contributed by atoms with Crippen LogP contribution in [0.15, 0.2) is 89.7 Å². The summed E-state index contributed by atoms with van der Waals surface area (Å²) < 4.78 is 7.25. The SMILES string of the molecule is COc1ccc2[nH]c(=O)c([C@@H](c3nnnn3Cc3ccccc3)N3CCN(Cc4ccccc4)CC3)cc2c1. The highest BCUT2D eigenvalue weighted by Crippen LogP contribution is 2.29. The van der Waals surface area contributed by atoms with Gasteiger partial charge in [0.25, 0.3) is 5.56 Å². The molecule has 1 N–H and O–H groups in total. The molecule has 9 nitrogen and oxygen atoms in total. The third-order valence-corrected chi connectivity index (χ3v) is 7.38. The number of benzene rings is 3. The number of nitrogens with one attached hydrogen (secondary N) is 1. The first-order valence-electron chi connectivity index (χ1n) is 13.2.